The van der Waals surface area contributed by atoms with Gasteiger partial charge in [0.25, 0.3) is 5.91 Å². The van der Waals surface area contributed by atoms with Crippen molar-refractivity contribution in [3.63, 3.8) is 0 Å². The van der Waals surface area contributed by atoms with Gasteiger partial charge in [0, 0.05) is 50.5 Å². The third kappa shape index (κ3) is 5.72. The van der Waals surface area contributed by atoms with Crippen LogP contribution in [0.5, 0.6) is 0 Å². The molecule has 0 radical (unpaired) electrons. The van der Waals surface area contributed by atoms with Crippen molar-refractivity contribution < 1.29 is 9.90 Å². The van der Waals surface area contributed by atoms with E-state index in [4.69, 9.17) is 0 Å². The Labute approximate surface area is 183 Å². The number of nitrogens with one attached hydrogen (secondary N) is 3. The zero-order valence-corrected chi connectivity index (χ0v) is 18.4. The molecule has 0 aromatic carbocycles. The first kappa shape index (κ1) is 22.0. The molecule has 4 N–H and O–H groups in total. The number of carbonyl (C=O) groups is 1. The summed E-state index contributed by atoms with van der Waals surface area (Å²) >= 11 is 0. The predicted octanol–water partition coefficient (Wildman–Crippen LogP) is 1.31. The number of amides is 1. The van der Waals surface area contributed by atoms with E-state index >= 15 is 0 Å². The summed E-state index contributed by atoms with van der Waals surface area (Å²) in [7, 11) is 2.11. The Kier molecular flexibility index (Phi) is 7.04. The third-order valence-corrected chi connectivity index (χ3v) is 6.86. The molecule has 2 aromatic rings. The number of carbonyl (C=O) groups excluding carboxylic acids is 1. The number of aromatic nitrogens is 4. The normalized spacial score (nSPS) is 24.2. The summed E-state index contributed by atoms with van der Waals surface area (Å²) in [5, 5.41) is 17.1. The fourth-order valence-corrected chi connectivity index (χ4v) is 4.77. The smallest absolute Gasteiger partial charge is 0.287 e. The minimum atomic E-state index is -0.557. The number of aromatic amines is 1. The van der Waals surface area contributed by atoms with Crippen LogP contribution >= 0.6 is 0 Å². The molecule has 4 rings (SSSR count). The molecule has 0 unspecified atom stereocenters. The molecule has 2 aromatic heterocycles. The van der Waals surface area contributed by atoms with E-state index in [0.717, 1.165) is 64.0 Å². The van der Waals surface area contributed by atoms with Crippen molar-refractivity contribution in [2.24, 2.45) is 5.92 Å². The van der Waals surface area contributed by atoms with Crippen LogP contribution in [0.3, 0.4) is 0 Å². The van der Waals surface area contributed by atoms with Crippen LogP contribution in [0.25, 0.3) is 0 Å². The Morgan fingerprint density at radius 3 is 2.71 bits per heavy atom. The number of H-pyrrole nitrogens is 1. The Bertz CT molecular complexity index is 819. The zero-order valence-electron chi connectivity index (χ0n) is 18.4. The van der Waals surface area contributed by atoms with Gasteiger partial charge in [0.15, 0.2) is 5.82 Å². The monoisotopic (exact) mass is 429 g/mol. The molecule has 31 heavy (non-hydrogen) atoms. The van der Waals surface area contributed by atoms with Gasteiger partial charge in [0.1, 0.15) is 5.82 Å². The number of nitrogens with zero attached hydrogens (tertiary/aromatic N) is 4. The quantitative estimate of drug-likeness (QED) is 0.504. The number of rotatable bonds is 8. The van der Waals surface area contributed by atoms with E-state index in [-0.39, 0.29) is 5.91 Å². The highest BCUT2D eigenvalue weighted by atomic mass is 16.3. The molecule has 0 bridgehead atoms. The molecular weight excluding hydrogens is 394 g/mol. The van der Waals surface area contributed by atoms with Crippen LogP contribution in [0.1, 0.15) is 61.0 Å². The van der Waals surface area contributed by atoms with E-state index in [9.17, 15) is 9.90 Å². The molecular formula is C22H35N7O2. The minimum Gasteiger partial charge on any atom is -0.388 e. The highest BCUT2D eigenvalue weighted by molar-refractivity contribution is 5.90. The Balaban J connectivity index is 1.21. The molecule has 170 valence electrons. The summed E-state index contributed by atoms with van der Waals surface area (Å²) < 4.78 is 2.03. The van der Waals surface area contributed by atoms with Gasteiger partial charge in [-0.1, -0.05) is 0 Å². The van der Waals surface area contributed by atoms with Crippen molar-refractivity contribution in [1.82, 2.24) is 35.1 Å². The van der Waals surface area contributed by atoms with Crippen molar-refractivity contribution in [2.45, 2.75) is 56.7 Å². The van der Waals surface area contributed by atoms with E-state index in [1.807, 2.05) is 10.8 Å². The third-order valence-electron chi connectivity index (χ3n) is 6.86. The van der Waals surface area contributed by atoms with Gasteiger partial charge >= 0.3 is 0 Å². The zero-order chi connectivity index (χ0) is 21.7. The van der Waals surface area contributed by atoms with E-state index in [0.29, 0.717) is 30.9 Å². The fourth-order valence-electron chi connectivity index (χ4n) is 4.77. The van der Waals surface area contributed by atoms with Crippen LogP contribution in [0.2, 0.25) is 0 Å². The van der Waals surface area contributed by atoms with Crippen LogP contribution in [0, 0.1) is 5.92 Å². The van der Waals surface area contributed by atoms with E-state index < -0.39 is 5.60 Å². The lowest BCUT2D eigenvalue weighted by Gasteiger charge is -2.37. The van der Waals surface area contributed by atoms with Gasteiger partial charge in [-0.15, -0.1) is 0 Å². The maximum absolute atomic E-state index is 12.6. The van der Waals surface area contributed by atoms with Crippen LogP contribution in [0.4, 0.5) is 0 Å². The van der Waals surface area contributed by atoms with Gasteiger partial charge < -0.3 is 30.2 Å². The van der Waals surface area contributed by atoms with Crippen molar-refractivity contribution in [3.8, 4) is 0 Å². The summed E-state index contributed by atoms with van der Waals surface area (Å²) in [6.07, 6.45) is 13.0. The number of hydrogen-bond acceptors (Lipinski definition) is 6. The van der Waals surface area contributed by atoms with Gasteiger partial charge in [-0.3, -0.25) is 4.79 Å². The highest BCUT2D eigenvalue weighted by Crippen LogP contribution is 2.32. The van der Waals surface area contributed by atoms with Crippen molar-refractivity contribution in [2.75, 3.05) is 33.2 Å². The van der Waals surface area contributed by atoms with Crippen LogP contribution in [0.15, 0.2) is 24.8 Å². The standard InChI is InChI=1S/C22H35N7O2/c1-28-11-6-22(31,7-12-28)16-23-14-17-2-4-18(5-3-17)29-13-10-26-20(29)21(30)27-15-19-24-8-9-25-19/h8-10,13,17-18,23,31H,2-7,11-12,14-16H2,1H3,(H,24,25)(H,27,30). The second-order valence-corrected chi connectivity index (χ2v) is 9.21. The van der Waals surface area contributed by atoms with E-state index in [2.05, 4.69) is 37.5 Å². The van der Waals surface area contributed by atoms with Crippen LogP contribution in [-0.4, -0.2) is 74.3 Å². The molecule has 1 saturated heterocycles. The fraction of sp³-hybridized carbons (Fsp3) is 0.682. The number of imidazole rings is 2. The van der Waals surface area contributed by atoms with E-state index in [1.165, 1.54) is 0 Å². The lowest BCUT2D eigenvalue weighted by atomic mass is 9.85. The van der Waals surface area contributed by atoms with Gasteiger partial charge in [-0.2, -0.15) is 0 Å². The summed E-state index contributed by atoms with van der Waals surface area (Å²) in [6, 6.07) is 0.307. The first-order chi connectivity index (χ1) is 15.0. The Morgan fingerprint density at radius 2 is 2.00 bits per heavy atom. The second kappa shape index (κ2) is 9.93. The summed E-state index contributed by atoms with van der Waals surface area (Å²) in [5.74, 6) is 1.64. The van der Waals surface area contributed by atoms with Crippen LogP contribution < -0.4 is 10.6 Å². The highest BCUT2D eigenvalue weighted by Gasteiger charge is 2.31. The Hall–Kier alpha value is -2.23. The molecule has 1 amide bonds. The number of likely N-dealkylation sites (tertiary alicyclic amines) is 1. The van der Waals surface area contributed by atoms with Gasteiger partial charge in [-0.05, 0) is 58.0 Å². The summed E-state index contributed by atoms with van der Waals surface area (Å²) in [6.45, 7) is 3.92. The molecule has 0 atom stereocenters. The Morgan fingerprint density at radius 1 is 1.23 bits per heavy atom. The van der Waals surface area contributed by atoms with Crippen molar-refractivity contribution in [3.05, 3.63) is 36.4 Å². The van der Waals surface area contributed by atoms with Gasteiger partial charge in [0.2, 0.25) is 0 Å². The van der Waals surface area contributed by atoms with Gasteiger partial charge in [-0.25, -0.2) is 9.97 Å². The molecule has 2 fully saturated rings. The SMILES string of the molecule is CN1CCC(O)(CNCC2CCC(n3ccnc3C(=O)NCc3ncc[nH]3)CC2)CC1. The van der Waals surface area contributed by atoms with Crippen molar-refractivity contribution in [1.29, 1.82) is 0 Å². The average Bonchev–Trinajstić information content (AvgIpc) is 3.47. The molecule has 3 heterocycles. The van der Waals surface area contributed by atoms with Crippen LogP contribution in [-0.2, 0) is 6.54 Å². The average molecular weight is 430 g/mol. The first-order valence-electron chi connectivity index (χ1n) is 11.4. The van der Waals surface area contributed by atoms with E-state index in [1.54, 1.807) is 18.6 Å². The molecule has 1 aliphatic carbocycles. The van der Waals surface area contributed by atoms with Gasteiger partial charge in [0.05, 0.1) is 12.1 Å². The largest absolute Gasteiger partial charge is 0.388 e. The summed E-state index contributed by atoms with van der Waals surface area (Å²) in [5.41, 5.74) is -0.557. The number of hydrogen-bond donors (Lipinski definition) is 4. The molecule has 1 saturated carbocycles. The maximum Gasteiger partial charge on any atom is 0.287 e. The number of piperidine rings is 1. The molecule has 0 spiro atoms. The topological polar surface area (TPSA) is 111 Å². The molecule has 9 nitrogen and oxygen atoms in total. The molecule has 2 aliphatic rings. The molecule has 1 aliphatic heterocycles. The first-order valence-corrected chi connectivity index (χ1v) is 11.4. The summed E-state index contributed by atoms with van der Waals surface area (Å²) in [4.78, 5) is 26.3. The lowest BCUT2D eigenvalue weighted by Crippen LogP contribution is -2.49. The minimum absolute atomic E-state index is 0.170. The van der Waals surface area contributed by atoms with Crippen molar-refractivity contribution >= 4 is 5.91 Å². The molecule has 9 heteroatoms. The second-order valence-electron chi connectivity index (χ2n) is 9.21. The number of aliphatic hydroxyl groups is 1. The maximum atomic E-state index is 12.6. The predicted molar refractivity (Wildman–Crippen MR) is 118 cm³/mol. The lowest BCUT2D eigenvalue weighted by molar-refractivity contribution is -0.0151.